The van der Waals surface area contributed by atoms with Gasteiger partial charge in [0, 0.05) is 0 Å². The van der Waals surface area contributed by atoms with Gasteiger partial charge in [0.1, 0.15) is 11.5 Å². The Labute approximate surface area is 108 Å². The average Bonchev–Trinajstić information content (AvgIpc) is 2.60. The molecule has 2 amide bonds. The topological polar surface area (TPSA) is 80.8 Å². The number of imide groups is 1. The molecule has 1 fully saturated rings. The van der Waals surface area contributed by atoms with Gasteiger partial charge in [0.15, 0.2) is 5.92 Å². The molecule has 0 aromatic heterocycles. The number of carbonyl (C=O) groups excluding carboxylic acids is 4. The molecule has 1 saturated heterocycles. The van der Waals surface area contributed by atoms with Crippen LogP contribution in [0.25, 0.3) is 0 Å². The second kappa shape index (κ2) is 4.64. The number of hydrogen-bond donors (Lipinski definition) is 0. The summed E-state index contributed by atoms with van der Waals surface area (Å²) >= 11 is 0. The van der Waals surface area contributed by atoms with Crippen molar-refractivity contribution in [2.45, 2.75) is 6.92 Å². The largest absolute Gasteiger partial charge is 0.495 e. The molecule has 1 aliphatic rings. The highest BCUT2D eigenvalue weighted by molar-refractivity contribution is 6.59. The smallest absolute Gasteiger partial charge is 0.302 e. The number of anilines is 1. The van der Waals surface area contributed by atoms with E-state index in [9.17, 15) is 19.2 Å². The Kier molecular flexibility index (Phi) is 3.16. The molecule has 2 rings (SSSR count). The van der Waals surface area contributed by atoms with Crippen molar-refractivity contribution in [3.05, 3.63) is 24.3 Å². The van der Waals surface area contributed by atoms with Gasteiger partial charge in [-0.25, -0.2) is 4.90 Å². The number of Topliss-reactive ketones (excluding diaryl/α,β-unsaturated/α-hetero) is 2. The fourth-order valence-corrected chi connectivity index (χ4v) is 1.98. The normalized spacial score (nSPS) is 18.9. The molecular weight excluding hydrogens is 250 g/mol. The molecule has 1 aromatic rings. The first-order valence-electron chi connectivity index (χ1n) is 5.54. The number of nitrogens with zero attached hydrogens (tertiary/aromatic N) is 1. The minimum atomic E-state index is -1.53. The highest BCUT2D eigenvalue weighted by Crippen LogP contribution is 2.32. The van der Waals surface area contributed by atoms with E-state index in [4.69, 9.17) is 4.74 Å². The summed E-state index contributed by atoms with van der Waals surface area (Å²) in [5.41, 5.74) is 0.164. The summed E-state index contributed by atoms with van der Waals surface area (Å²) in [6.07, 6.45) is 0. The summed E-state index contributed by atoms with van der Waals surface area (Å²) in [6.45, 7) is 1.11. The molecule has 0 saturated carbocycles. The quantitative estimate of drug-likeness (QED) is 0.445. The van der Waals surface area contributed by atoms with Gasteiger partial charge in [0.25, 0.3) is 5.91 Å². The second-order valence-electron chi connectivity index (χ2n) is 4.06. The predicted octanol–water partition coefficient (Wildman–Crippen LogP) is 0.343. The van der Waals surface area contributed by atoms with Crippen molar-refractivity contribution >= 4 is 29.1 Å². The molecule has 98 valence electrons. The van der Waals surface area contributed by atoms with Crippen molar-refractivity contribution in [2.24, 2.45) is 5.92 Å². The van der Waals surface area contributed by atoms with Gasteiger partial charge >= 0.3 is 5.91 Å². The molecule has 1 aromatic carbocycles. The van der Waals surface area contributed by atoms with Crippen molar-refractivity contribution in [3.8, 4) is 5.75 Å². The molecule has 0 N–H and O–H groups in total. The van der Waals surface area contributed by atoms with E-state index in [0.29, 0.717) is 4.90 Å². The van der Waals surface area contributed by atoms with E-state index in [1.165, 1.54) is 13.2 Å². The highest BCUT2D eigenvalue weighted by atomic mass is 16.5. The van der Waals surface area contributed by atoms with Gasteiger partial charge in [-0.3, -0.25) is 19.2 Å². The fourth-order valence-electron chi connectivity index (χ4n) is 1.98. The second-order valence-corrected chi connectivity index (χ2v) is 4.06. The van der Waals surface area contributed by atoms with E-state index in [0.717, 1.165) is 6.92 Å². The Bertz CT molecular complexity index is 592. The lowest BCUT2D eigenvalue weighted by molar-refractivity contribution is -0.139. The number of rotatable bonds is 3. The van der Waals surface area contributed by atoms with Gasteiger partial charge in [0.05, 0.1) is 12.8 Å². The van der Waals surface area contributed by atoms with Crippen LogP contribution in [0.15, 0.2) is 24.3 Å². The lowest BCUT2D eigenvalue weighted by Crippen LogP contribution is -2.32. The minimum absolute atomic E-state index is 0.164. The lowest BCUT2D eigenvalue weighted by Gasteiger charge is -2.16. The molecule has 6 nitrogen and oxygen atoms in total. The van der Waals surface area contributed by atoms with Crippen LogP contribution in [0.1, 0.15) is 6.92 Å². The van der Waals surface area contributed by atoms with Gasteiger partial charge in [-0.1, -0.05) is 12.1 Å². The monoisotopic (exact) mass is 261 g/mol. The molecular formula is C13H11NO5. The first kappa shape index (κ1) is 12.9. The lowest BCUT2D eigenvalue weighted by atomic mass is 10.0. The molecule has 0 aliphatic carbocycles. The highest BCUT2D eigenvalue weighted by Gasteiger charge is 2.50. The average molecular weight is 261 g/mol. The maximum atomic E-state index is 12.0. The van der Waals surface area contributed by atoms with Crippen LogP contribution in [0.5, 0.6) is 5.75 Å². The predicted molar refractivity (Wildman–Crippen MR) is 64.7 cm³/mol. The Morgan fingerprint density at radius 2 is 1.84 bits per heavy atom. The zero-order valence-electron chi connectivity index (χ0n) is 10.4. The van der Waals surface area contributed by atoms with E-state index in [1.54, 1.807) is 18.2 Å². The number of benzene rings is 1. The third kappa shape index (κ3) is 1.91. The first-order valence-corrected chi connectivity index (χ1v) is 5.54. The van der Waals surface area contributed by atoms with Gasteiger partial charge in [0.2, 0.25) is 5.78 Å². The molecule has 0 bridgehead atoms. The third-order valence-corrected chi connectivity index (χ3v) is 2.88. The third-order valence-electron chi connectivity index (χ3n) is 2.88. The number of methoxy groups -OCH3 is 1. The van der Waals surface area contributed by atoms with E-state index in [2.05, 4.69) is 0 Å². The van der Waals surface area contributed by atoms with Gasteiger partial charge in [-0.05, 0) is 19.1 Å². The molecule has 1 aliphatic heterocycles. The van der Waals surface area contributed by atoms with Crippen LogP contribution in [-0.4, -0.2) is 30.5 Å². The molecule has 1 atom stereocenters. The molecule has 0 radical (unpaired) electrons. The van der Waals surface area contributed by atoms with E-state index in [-0.39, 0.29) is 11.4 Å². The summed E-state index contributed by atoms with van der Waals surface area (Å²) in [7, 11) is 1.38. The summed E-state index contributed by atoms with van der Waals surface area (Å²) in [6, 6.07) is 6.30. The minimum Gasteiger partial charge on any atom is -0.495 e. The van der Waals surface area contributed by atoms with Crippen molar-refractivity contribution in [3.63, 3.8) is 0 Å². The molecule has 6 heteroatoms. The van der Waals surface area contributed by atoms with Gasteiger partial charge < -0.3 is 4.74 Å². The van der Waals surface area contributed by atoms with Crippen molar-refractivity contribution in [1.29, 1.82) is 0 Å². The van der Waals surface area contributed by atoms with E-state index in [1.807, 2.05) is 0 Å². The number of hydrogen-bond acceptors (Lipinski definition) is 5. The molecule has 0 unspecified atom stereocenters. The SMILES string of the molecule is COc1ccccc1N1C(=O)C(=O)[C@H](C(C)=O)C1=O. The number of amides is 2. The maximum Gasteiger partial charge on any atom is 0.302 e. The summed E-state index contributed by atoms with van der Waals surface area (Å²) in [4.78, 5) is 47.6. The summed E-state index contributed by atoms with van der Waals surface area (Å²) in [5.74, 6) is -4.72. The number of carbonyl (C=O) groups is 4. The summed E-state index contributed by atoms with van der Waals surface area (Å²) in [5, 5.41) is 0. The van der Waals surface area contributed by atoms with Crippen LogP contribution in [0, 0.1) is 5.92 Å². The fraction of sp³-hybridized carbons (Fsp3) is 0.231. The van der Waals surface area contributed by atoms with Crippen LogP contribution in [0.3, 0.4) is 0 Å². The Morgan fingerprint density at radius 1 is 1.21 bits per heavy atom. The van der Waals surface area contributed by atoms with Crippen molar-refractivity contribution in [1.82, 2.24) is 0 Å². The standard InChI is InChI=1S/C13H11NO5/c1-7(15)10-11(16)13(18)14(12(10)17)8-5-3-4-6-9(8)19-2/h3-6,10H,1-2H3/t10-/m0/s1. The number of para-hydroxylation sites is 2. The Balaban J connectivity index is 2.52. The van der Waals surface area contributed by atoms with Crippen LogP contribution >= 0.6 is 0 Å². The molecule has 0 spiro atoms. The zero-order valence-corrected chi connectivity index (χ0v) is 10.4. The number of ether oxygens (including phenoxy) is 1. The molecule has 1 heterocycles. The van der Waals surface area contributed by atoms with E-state index < -0.39 is 29.3 Å². The van der Waals surface area contributed by atoms with Crippen LogP contribution in [0.2, 0.25) is 0 Å². The van der Waals surface area contributed by atoms with Crippen LogP contribution < -0.4 is 9.64 Å². The maximum absolute atomic E-state index is 12.0. The number of ketones is 2. The summed E-state index contributed by atoms with van der Waals surface area (Å²) < 4.78 is 5.04. The van der Waals surface area contributed by atoms with Crippen molar-refractivity contribution in [2.75, 3.05) is 12.0 Å². The first-order chi connectivity index (χ1) is 8.99. The molecule has 19 heavy (non-hydrogen) atoms. The zero-order chi connectivity index (χ0) is 14.2. The van der Waals surface area contributed by atoms with Gasteiger partial charge in [-0.15, -0.1) is 0 Å². The van der Waals surface area contributed by atoms with Crippen molar-refractivity contribution < 1.29 is 23.9 Å². The van der Waals surface area contributed by atoms with Crippen LogP contribution in [0.4, 0.5) is 5.69 Å². The van der Waals surface area contributed by atoms with E-state index >= 15 is 0 Å². The van der Waals surface area contributed by atoms with Gasteiger partial charge in [-0.2, -0.15) is 0 Å². The Morgan fingerprint density at radius 3 is 2.37 bits per heavy atom. The Hall–Kier alpha value is -2.50. The van der Waals surface area contributed by atoms with Crippen LogP contribution in [-0.2, 0) is 19.2 Å².